The number of halogens is 1. The number of benzene rings is 1. The fourth-order valence-corrected chi connectivity index (χ4v) is 2.63. The molecule has 0 spiro atoms. The topological polar surface area (TPSA) is 117 Å². The van der Waals surface area contributed by atoms with Crippen molar-refractivity contribution >= 4 is 35.6 Å². The van der Waals surface area contributed by atoms with Gasteiger partial charge in [-0.1, -0.05) is 25.4 Å². The fourth-order valence-electron chi connectivity index (χ4n) is 2.36. The van der Waals surface area contributed by atoms with Crippen molar-refractivity contribution in [1.82, 2.24) is 5.32 Å². The van der Waals surface area contributed by atoms with E-state index in [0.29, 0.717) is 35.3 Å². The van der Waals surface area contributed by atoms with E-state index in [0.717, 1.165) is 12.5 Å². The predicted octanol–water partition coefficient (Wildman–Crippen LogP) is 2.28. The maximum atomic E-state index is 12.1. The van der Waals surface area contributed by atoms with Gasteiger partial charge in [-0.25, -0.2) is 9.59 Å². The summed E-state index contributed by atoms with van der Waals surface area (Å²) in [5.74, 6) is -0.922. The molecular weight excluding hydrogens is 376 g/mol. The zero-order chi connectivity index (χ0) is 20.0. The van der Waals surface area contributed by atoms with Crippen LogP contribution < -0.4 is 20.5 Å². The molecule has 8 nitrogen and oxygen atoms in total. The van der Waals surface area contributed by atoms with Gasteiger partial charge >= 0.3 is 12.0 Å². The van der Waals surface area contributed by atoms with Crippen LogP contribution in [0, 0.1) is 5.92 Å². The highest BCUT2D eigenvalue weighted by Gasteiger charge is 2.26. The molecule has 3 N–H and O–H groups in total. The summed E-state index contributed by atoms with van der Waals surface area (Å²) in [5.41, 5.74) is 5.52. The molecule has 1 heterocycles. The fraction of sp³-hybridized carbons (Fsp3) is 0.389. The molecule has 1 aliphatic rings. The average molecular weight is 397 g/mol. The van der Waals surface area contributed by atoms with E-state index in [9.17, 15) is 14.4 Å². The van der Waals surface area contributed by atoms with Crippen molar-refractivity contribution in [3.8, 4) is 11.5 Å². The highest BCUT2D eigenvalue weighted by Crippen LogP contribution is 2.38. The summed E-state index contributed by atoms with van der Waals surface area (Å²) < 4.78 is 16.3. The first-order valence-corrected chi connectivity index (χ1v) is 8.74. The largest absolute Gasteiger partial charge is 0.489 e. The number of hydrogen-bond acceptors (Lipinski definition) is 6. The molecule has 0 saturated heterocycles. The number of esters is 1. The zero-order valence-corrected chi connectivity index (χ0v) is 15.7. The van der Waals surface area contributed by atoms with E-state index < -0.39 is 24.0 Å². The molecule has 9 heteroatoms. The summed E-state index contributed by atoms with van der Waals surface area (Å²) in [6, 6.07) is 2.30. The van der Waals surface area contributed by atoms with Gasteiger partial charge < -0.3 is 19.9 Å². The maximum Gasteiger partial charge on any atom is 0.331 e. The van der Waals surface area contributed by atoms with Gasteiger partial charge in [-0.15, -0.1) is 0 Å². The number of carbonyl (C=O) groups is 3. The standard InChI is InChI=1S/C18H21ClN2O6/c1-10(2)15(17(23)21-18(20)24)27-14(22)5-4-11-8-12(19)16-13(9-11)25-6-3-7-26-16/h4-5,8-10,15H,3,6-7H2,1-2H3,(H3,20,21,23,24)/b5-4+/t15-/m1/s1. The average Bonchev–Trinajstić information content (AvgIpc) is 2.82. The van der Waals surface area contributed by atoms with Gasteiger partial charge in [0, 0.05) is 12.5 Å². The third-order valence-electron chi connectivity index (χ3n) is 3.59. The first-order valence-electron chi connectivity index (χ1n) is 8.36. The zero-order valence-electron chi connectivity index (χ0n) is 15.0. The van der Waals surface area contributed by atoms with Crippen LogP contribution >= 0.6 is 11.6 Å². The first-order chi connectivity index (χ1) is 12.8. The molecular formula is C18H21ClN2O6. The molecule has 0 saturated carbocycles. The Morgan fingerprint density at radius 1 is 1.26 bits per heavy atom. The van der Waals surface area contributed by atoms with Crippen molar-refractivity contribution in [2.45, 2.75) is 26.4 Å². The minimum atomic E-state index is -1.15. The van der Waals surface area contributed by atoms with Gasteiger partial charge in [0.1, 0.15) is 0 Å². The van der Waals surface area contributed by atoms with Crippen molar-refractivity contribution in [3.05, 3.63) is 28.8 Å². The highest BCUT2D eigenvalue weighted by molar-refractivity contribution is 6.32. The second-order valence-corrected chi connectivity index (χ2v) is 6.58. The smallest absolute Gasteiger partial charge is 0.331 e. The summed E-state index contributed by atoms with van der Waals surface area (Å²) in [6.07, 6.45) is 2.23. The lowest BCUT2D eigenvalue weighted by Gasteiger charge is -2.18. The van der Waals surface area contributed by atoms with E-state index in [1.54, 1.807) is 26.0 Å². The Labute approximate surface area is 161 Å². The Morgan fingerprint density at radius 3 is 2.63 bits per heavy atom. The van der Waals surface area contributed by atoms with Gasteiger partial charge in [-0.3, -0.25) is 10.1 Å². The molecule has 1 aromatic rings. The molecule has 0 fully saturated rings. The molecule has 1 aromatic carbocycles. The number of hydrogen-bond donors (Lipinski definition) is 2. The molecule has 1 aliphatic heterocycles. The van der Waals surface area contributed by atoms with Crippen molar-refractivity contribution in [3.63, 3.8) is 0 Å². The number of amides is 3. The minimum Gasteiger partial charge on any atom is -0.489 e. The Morgan fingerprint density at radius 2 is 1.96 bits per heavy atom. The van der Waals surface area contributed by atoms with Gasteiger partial charge in [0.15, 0.2) is 17.6 Å². The van der Waals surface area contributed by atoms with E-state index in [2.05, 4.69) is 0 Å². The maximum absolute atomic E-state index is 12.1. The lowest BCUT2D eigenvalue weighted by molar-refractivity contribution is -0.153. The van der Waals surface area contributed by atoms with Gasteiger partial charge in [-0.05, 0) is 29.7 Å². The number of nitrogens with one attached hydrogen (secondary N) is 1. The minimum absolute atomic E-state index is 0.353. The molecule has 27 heavy (non-hydrogen) atoms. The monoisotopic (exact) mass is 396 g/mol. The number of imide groups is 1. The second-order valence-electron chi connectivity index (χ2n) is 6.17. The molecule has 0 unspecified atom stereocenters. The van der Waals surface area contributed by atoms with Crippen molar-refractivity contribution in [2.75, 3.05) is 13.2 Å². The van der Waals surface area contributed by atoms with Gasteiger partial charge in [-0.2, -0.15) is 0 Å². The van der Waals surface area contributed by atoms with E-state index in [1.165, 1.54) is 6.08 Å². The molecule has 0 bridgehead atoms. The van der Waals surface area contributed by atoms with Crippen LogP contribution in [0.2, 0.25) is 5.02 Å². The van der Waals surface area contributed by atoms with Gasteiger partial charge in [0.2, 0.25) is 0 Å². The van der Waals surface area contributed by atoms with Crippen LogP contribution in [0.1, 0.15) is 25.8 Å². The summed E-state index contributed by atoms with van der Waals surface area (Å²) in [7, 11) is 0. The Balaban J connectivity index is 2.09. The van der Waals surface area contributed by atoms with Crippen molar-refractivity contribution in [2.24, 2.45) is 11.7 Å². The molecule has 0 aliphatic carbocycles. The molecule has 3 amide bonds. The normalized spacial score (nSPS) is 14.5. The lowest BCUT2D eigenvalue weighted by atomic mass is 10.1. The van der Waals surface area contributed by atoms with E-state index >= 15 is 0 Å². The number of primary amides is 1. The molecule has 2 rings (SSSR count). The van der Waals surface area contributed by atoms with Crippen LogP contribution in [0.15, 0.2) is 18.2 Å². The van der Waals surface area contributed by atoms with Crippen LogP contribution in [0.25, 0.3) is 6.08 Å². The molecule has 146 valence electrons. The summed E-state index contributed by atoms with van der Waals surface area (Å²) in [6.45, 7) is 4.36. The number of ether oxygens (including phenoxy) is 3. The van der Waals surface area contributed by atoms with Crippen LogP contribution in [-0.4, -0.2) is 37.2 Å². The van der Waals surface area contributed by atoms with Crippen LogP contribution in [0.3, 0.4) is 0 Å². The number of fused-ring (bicyclic) bond motifs is 1. The number of rotatable bonds is 5. The Bertz CT molecular complexity index is 762. The second kappa shape index (κ2) is 9.27. The van der Waals surface area contributed by atoms with Gasteiger partial charge in [0.05, 0.1) is 18.2 Å². The Kier molecular flexibility index (Phi) is 7.06. The third-order valence-corrected chi connectivity index (χ3v) is 3.87. The first kappa shape index (κ1) is 20.6. The quantitative estimate of drug-likeness (QED) is 0.582. The lowest BCUT2D eigenvalue weighted by Crippen LogP contribution is -2.45. The summed E-state index contributed by atoms with van der Waals surface area (Å²) >= 11 is 6.20. The number of nitrogens with two attached hydrogens (primary N) is 1. The predicted molar refractivity (Wildman–Crippen MR) is 98.5 cm³/mol. The van der Waals surface area contributed by atoms with Gasteiger partial charge in [0.25, 0.3) is 5.91 Å². The van der Waals surface area contributed by atoms with Crippen molar-refractivity contribution < 1.29 is 28.6 Å². The summed E-state index contributed by atoms with van der Waals surface area (Å²) in [4.78, 5) is 34.7. The van der Waals surface area contributed by atoms with Crippen LogP contribution in [0.5, 0.6) is 11.5 Å². The highest BCUT2D eigenvalue weighted by atomic mass is 35.5. The van der Waals surface area contributed by atoms with E-state index in [-0.39, 0.29) is 5.92 Å². The SMILES string of the molecule is CC(C)[C@@H](OC(=O)/C=C/c1cc(Cl)c2c(c1)OCCCO2)C(=O)NC(N)=O. The molecule has 0 radical (unpaired) electrons. The number of carbonyl (C=O) groups excluding carboxylic acids is 3. The van der Waals surface area contributed by atoms with E-state index in [1.807, 2.05) is 5.32 Å². The Hall–Kier alpha value is -2.74. The third kappa shape index (κ3) is 5.89. The number of urea groups is 1. The van der Waals surface area contributed by atoms with Crippen LogP contribution in [0.4, 0.5) is 4.79 Å². The van der Waals surface area contributed by atoms with Crippen LogP contribution in [-0.2, 0) is 14.3 Å². The van der Waals surface area contributed by atoms with E-state index in [4.69, 9.17) is 31.5 Å². The molecule has 0 aromatic heterocycles. The van der Waals surface area contributed by atoms with Crippen molar-refractivity contribution in [1.29, 1.82) is 0 Å². The summed E-state index contributed by atoms with van der Waals surface area (Å²) in [5, 5.41) is 2.27. The molecule has 1 atom stereocenters.